The Hall–Kier alpha value is -2.96. The Balaban J connectivity index is 1.28. The predicted octanol–water partition coefficient (Wildman–Crippen LogP) is 4.91. The molecule has 2 heterocycles. The summed E-state index contributed by atoms with van der Waals surface area (Å²) in [6, 6.07) is 17.9. The zero-order chi connectivity index (χ0) is 22.3. The van der Waals surface area contributed by atoms with Gasteiger partial charge in [0.2, 0.25) is 5.91 Å². The second-order valence-electron chi connectivity index (χ2n) is 8.49. The van der Waals surface area contributed by atoms with Gasteiger partial charge in [0.1, 0.15) is 0 Å². The van der Waals surface area contributed by atoms with Crippen LogP contribution in [0.3, 0.4) is 0 Å². The monoisotopic (exact) mass is 433 g/mol. The lowest BCUT2D eigenvalue weighted by molar-refractivity contribution is -0.116. The average Bonchev–Trinajstić information content (AvgIpc) is 3.24. The fraction of sp³-hybridized carbons (Fsp3) is 0.385. The lowest BCUT2D eigenvalue weighted by Gasteiger charge is -2.35. The second kappa shape index (κ2) is 10.6. The number of aryl methyl sites for hydroxylation is 1. The molecule has 1 aliphatic heterocycles. The van der Waals surface area contributed by atoms with Crippen LogP contribution in [0.5, 0.6) is 0 Å². The Kier molecular flexibility index (Phi) is 7.35. The fourth-order valence-electron chi connectivity index (χ4n) is 4.21. The van der Waals surface area contributed by atoms with Crippen molar-refractivity contribution < 1.29 is 13.9 Å². The van der Waals surface area contributed by atoms with E-state index in [1.807, 2.05) is 48.5 Å². The molecule has 1 fully saturated rings. The molecule has 1 N–H and O–H groups in total. The van der Waals surface area contributed by atoms with Crippen molar-refractivity contribution in [3.8, 4) is 11.3 Å². The van der Waals surface area contributed by atoms with Crippen molar-refractivity contribution in [2.45, 2.75) is 51.9 Å². The number of para-hydroxylation sites is 1. The third-order valence-electron chi connectivity index (χ3n) is 5.59. The molecule has 0 spiro atoms. The van der Waals surface area contributed by atoms with Crippen molar-refractivity contribution in [3.05, 3.63) is 72.2 Å². The number of nitrogens with zero attached hydrogens (tertiary/aromatic N) is 2. The van der Waals surface area contributed by atoms with Crippen molar-refractivity contribution in [1.82, 2.24) is 9.88 Å². The number of ether oxygens (including phenoxy) is 1. The van der Waals surface area contributed by atoms with Crippen LogP contribution in [-0.4, -0.2) is 41.1 Å². The van der Waals surface area contributed by atoms with Crippen molar-refractivity contribution in [2.24, 2.45) is 0 Å². The Labute approximate surface area is 189 Å². The van der Waals surface area contributed by atoms with E-state index in [1.165, 1.54) is 0 Å². The minimum Gasteiger partial charge on any atom is -0.441 e. The van der Waals surface area contributed by atoms with Crippen LogP contribution in [0, 0.1) is 0 Å². The van der Waals surface area contributed by atoms with Crippen molar-refractivity contribution in [3.63, 3.8) is 0 Å². The smallest absolute Gasteiger partial charge is 0.224 e. The summed E-state index contributed by atoms with van der Waals surface area (Å²) in [5.74, 6) is 1.43. The Morgan fingerprint density at radius 1 is 1.06 bits per heavy atom. The van der Waals surface area contributed by atoms with Gasteiger partial charge in [-0.05, 0) is 31.9 Å². The molecule has 2 aromatic carbocycles. The standard InChI is InChI=1S/C26H31N3O3/c1-19-16-29(17-20(2)31-19)18-22-11-6-7-12-23(22)28-25(30)13-8-14-26-27-15-24(32-26)21-9-4-3-5-10-21/h3-7,9-12,15,19-20H,8,13-14,16-18H2,1-2H3,(H,28,30). The van der Waals surface area contributed by atoms with Crippen molar-refractivity contribution >= 4 is 11.6 Å². The first-order valence-electron chi connectivity index (χ1n) is 11.3. The van der Waals surface area contributed by atoms with Gasteiger partial charge in [-0.1, -0.05) is 48.5 Å². The number of morpholine rings is 1. The number of carbonyl (C=O) groups is 1. The highest BCUT2D eigenvalue weighted by molar-refractivity contribution is 5.91. The van der Waals surface area contributed by atoms with Gasteiger partial charge in [0.15, 0.2) is 11.7 Å². The Morgan fingerprint density at radius 3 is 2.56 bits per heavy atom. The summed E-state index contributed by atoms with van der Waals surface area (Å²) in [6.45, 7) is 6.80. The molecule has 32 heavy (non-hydrogen) atoms. The van der Waals surface area contributed by atoms with Gasteiger partial charge in [-0.15, -0.1) is 0 Å². The number of anilines is 1. The summed E-state index contributed by atoms with van der Waals surface area (Å²) < 4.78 is 11.7. The van der Waals surface area contributed by atoms with E-state index < -0.39 is 0 Å². The van der Waals surface area contributed by atoms with Gasteiger partial charge in [0, 0.05) is 43.7 Å². The predicted molar refractivity (Wildman–Crippen MR) is 125 cm³/mol. The molecule has 0 saturated carbocycles. The summed E-state index contributed by atoms with van der Waals surface area (Å²) in [7, 11) is 0. The number of amides is 1. The highest BCUT2D eigenvalue weighted by atomic mass is 16.5. The second-order valence-corrected chi connectivity index (χ2v) is 8.49. The third kappa shape index (κ3) is 6.05. The summed E-state index contributed by atoms with van der Waals surface area (Å²) >= 11 is 0. The molecular formula is C26H31N3O3. The minimum absolute atomic E-state index is 0.0102. The molecule has 168 valence electrons. The van der Waals surface area contributed by atoms with Crippen LogP contribution in [0.2, 0.25) is 0 Å². The topological polar surface area (TPSA) is 67.6 Å². The van der Waals surface area contributed by atoms with Gasteiger partial charge in [0.05, 0.1) is 18.4 Å². The van der Waals surface area contributed by atoms with Crippen molar-refractivity contribution in [1.29, 1.82) is 0 Å². The van der Waals surface area contributed by atoms with Crippen LogP contribution in [0.15, 0.2) is 65.2 Å². The molecule has 0 radical (unpaired) electrons. The maximum absolute atomic E-state index is 12.6. The van der Waals surface area contributed by atoms with Crippen LogP contribution >= 0.6 is 0 Å². The van der Waals surface area contributed by atoms with E-state index in [4.69, 9.17) is 9.15 Å². The van der Waals surface area contributed by atoms with E-state index in [-0.39, 0.29) is 18.1 Å². The van der Waals surface area contributed by atoms with Crippen LogP contribution in [0.25, 0.3) is 11.3 Å². The number of aromatic nitrogens is 1. The van der Waals surface area contributed by atoms with E-state index in [0.29, 0.717) is 25.2 Å². The first-order chi connectivity index (χ1) is 15.6. The maximum atomic E-state index is 12.6. The summed E-state index contributed by atoms with van der Waals surface area (Å²) in [6.07, 6.45) is 3.92. The normalized spacial score (nSPS) is 19.1. The van der Waals surface area contributed by atoms with E-state index >= 15 is 0 Å². The number of benzene rings is 2. The van der Waals surface area contributed by atoms with Crippen LogP contribution in [-0.2, 0) is 22.5 Å². The fourth-order valence-corrected chi connectivity index (χ4v) is 4.21. The maximum Gasteiger partial charge on any atom is 0.224 e. The third-order valence-corrected chi connectivity index (χ3v) is 5.59. The Bertz CT molecular complexity index is 1010. The zero-order valence-electron chi connectivity index (χ0n) is 18.8. The molecule has 2 unspecified atom stereocenters. The van der Waals surface area contributed by atoms with Gasteiger partial charge >= 0.3 is 0 Å². The number of hydrogen-bond donors (Lipinski definition) is 1. The summed E-state index contributed by atoms with van der Waals surface area (Å²) in [5, 5.41) is 3.09. The van der Waals surface area contributed by atoms with Gasteiger partial charge in [-0.3, -0.25) is 9.69 Å². The van der Waals surface area contributed by atoms with Gasteiger partial charge in [0.25, 0.3) is 0 Å². The number of nitrogens with one attached hydrogen (secondary N) is 1. The molecule has 6 nitrogen and oxygen atoms in total. The number of hydrogen-bond acceptors (Lipinski definition) is 5. The lowest BCUT2D eigenvalue weighted by atomic mass is 10.1. The van der Waals surface area contributed by atoms with E-state index in [0.717, 1.165) is 42.2 Å². The molecule has 0 bridgehead atoms. The molecule has 1 aliphatic rings. The summed E-state index contributed by atoms with van der Waals surface area (Å²) in [4.78, 5) is 19.3. The zero-order valence-corrected chi connectivity index (χ0v) is 18.8. The van der Waals surface area contributed by atoms with Crippen LogP contribution in [0.1, 0.15) is 38.1 Å². The molecule has 0 aliphatic carbocycles. The van der Waals surface area contributed by atoms with E-state index in [1.54, 1.807) is 6.20 Å². The quantitative estimate of drug-likeness (QED) is 0.547. The summed E-state index contributed by atoms with van der Waals surface area (Å²) in [5.41, 5.74) is 3.01. The molecule has 1 aromatic heterocycles. The first-order valence-corrected chi connectivity index (χ1v) is 11.3. The lowest BCUT2D eigenvalue weighted by Crippen LogP contribution is -2.44. The molecule has 2 atom stereocenters. The van der Waals surface area contributed by atoms with Gasteiger partial charge in [-0.25, -0.2) is 4.98 Å². The molecule has 1 saturated heterocycles. The number of carbonyl (C=O) groups excluding carboxylic acids is 1. The number of oxazole rings is 1. The van der Waals surface area contributed by atoms with Crippen molar-refractivity contribution in [2.75, 3.05) is 18.4 Å². The molecular weight excluding hydrogens is 402 g/mol. The Morgan fingerprint density at radius 2 is 1.78 bits per heavy atom. The minimum atomic E-state index is 0.0102. The van der Waals surface area contributed by atoms with E-state index in [2.05, 4.69) is 35.1 Å². The molecule has 6 heteroatoms. The molecule has 3 aromatic rings. The molecule has 4 rings (SSSR count). The largest absolute Gasteiger partial charge is 0.441 e. The average molecular weight is 434 g/mol. The number of rotatable bonds is 8. The van der Waals surface area contributed by atoms with Gasteiger partial charge in [-0.2, -0.15) is 0 Å². The highest BCUT2D eigenvalue weighted by Crippen LogP contribution is 2.22. The van der Waals surface area contributed by atoms with E-state index in [9.17, 15) is 4.79 Å². The highest BCUT2D eigenvalue weighted by Gasteiger charge is 2.22. The van der Waals surface area contributed by atoms with Crippen LogP contribution in [0.4, 0.5) is 5.69 Å². The molecule has 1 amide bonds. The van der Waals surface area contributed by atoms with Crippen LogP contribution < -0.4 is 5.32 Å². The SMILES string of the molecule is CC1CN(Cc2ccccc2NC(=O)CCCc2ncc(-c3ccccc3)o2)CC(C)O1. The first kappa shape index (κ1) is 22.2. The van der Waals surface area contributed by atoms with Gasteiger partial charge < -0.3 is 14.5 Å².